The van der Waals surface area contributed by atoms with Gasteiger partial charge in [-0.1, -0.05) is 11.3 Å². The fourth-order valence-corrected chi connectivity index (χ4v) is 3.78. The van der Waals surface area contributed by atoms with Crippen LogP contribution in [0.4, 0.5) is 22.2 Å². The molecule has 0 amide bonds. The van der Waals surface area contributed by atoms with Crippen LogP contribution in [0.3, 0.4) is 0 Å². The van der Waals surface area contributed by atoms with Gasteiger partial charge in [-0.25, -0.2) is 4.98 Å². The van der Waals surface area contributed by atoms with Crippen molar-refractivity contribution in [2.75, 3.05) is 4.90 Å². The molecule has 0 radical (unpaired) electrons. The smallest absolute Gasteiger partial charge is 0.304 e. The van der Waals surface area contributed by atoms with Crippen LogP contribution in [-0.2, 0) is 9.53 Å². The third kappa shape index (κ3) is 5.18. The quantitative estimate of drug-likeness (QED) is 0.162. The number of carbonyl (C=O) groups excluding carboxylic acids is 1. The van der Waals surface area contributed by atoms with E-state index in [0.717, 1.165) is 0 Å². The zero-order valence-corrected chi connectivity index (χ0v) is 17.7. The number of nitro groups is 1. The maximum atomic E-state index is 11.3. The monoisotopic (exact) mass is 438 g/mol. The van der Waals surface area contributed by atoms with Crippen LogP contribution < -0.4 is 4.90 Å². The van der Waals surface area contributed by atoms with E-state index in [1.165, 1.54) is 30.4 Å². The zero-order chi connectivity index (χ0) is 22.5. The molecule has 3 rings (SSSR count). The fraction of sp³-hybridized carbons (Fsp3) is 0.250. The van der Waals surface area contributed by atoms with Crippen molar-refractivity contribution >= 4 is 49.7 Å². The standard InChI is InChI=1S/C20H18N6O4S/c1-12(11-21)25(13(2)30-14(3)27)16-6-4-15(5-7-16)23-24-20-22-18-9-8-17(26(28)29)10-19(18)31-20/h4-10,12-13H,1-3H3. The second kappa shape index (κ2) is 9.27. The summed E-state index contributed by atoms with van der Waals surface area (Å²) in [6.45, 7) is 4.72. The average molecular weight is 438 g/mol. The number of aromatic nitrogens is 1. The molecule has 0 saturated carbocycles. The SMILES string of the molecule is CC(=O)OC(C)N(c1ccc(N=Nc2nc3ccc([N+](=O)[O-])cc3s2)cc1)C(C)C#N. The van der Waals surface area contributed by atoms with Crippen LogP contribution in [0.1, 0.15) is 20.8 Å². The molecule has 0 spiro atoms. The van der Waals surface area contributed by atoms with Crippen molar-refractivity contribution < 1.29 is 14.5 Å². The number of nitriles is 1. The summed E-state index contributed by atoms with van der Waals surface area (Å²) in [7, 11) is 0. The third-order valence-electron chi connectivity index (χ3n) is 4.30. The molecular formula is C20H18N6O4S. The lowest BCUT2D eigenvalue weighted by Crippen LogP contribution is -2.42. The number of azo groups is 1. The maximum absolute atomic E-state index is 11.3. The first-order valence-electron chi connectivity index (χ1n) is 9.20. The Balaban J connectivity index is 1.79. The molecule has 2 atom stereocenters. The Hall–Kier alpha value is -3.91. The lowest BCUT2D eigenvalue weighted by Gasteiger charge is -2.32. The Bertz CT molecular complexity index is 1180. The molecule has 31 heavy (non-hydrogen) atoms. The molecule has 0 aliphatic heterocycles. The number of benzene rings is 2. The molecule has 1 aromatic heterocycles. The number of nitro benzene ring substituents is 1. The van der Waals surface area contributed by atoms with Crippen molar-refractivity contribution in [2.45, 2.75) is 33.0 Å². The Morgan fingerprint density at radius 2 is 1.97 bits per heavy atom. The minimum atomic E-state index is -0.619. The highest BCUT2D eigenvalue weighted by Crippen LogP contribution is 2.32. The average Bonchev–Trinajstić information content (AvgIpc) is 3.14. The molecule has 0 fully saturated rings. The van der Waals surface area contributed by atoms with Crippen LogP contribution >= 0.6 is 11.3 Å². The number of ether oxygens (including phenoxy) is 1. The third-order valence-corrected chi connectivity index (χ3v) is 5.21. The highest BCUT2D eigenvalue weighted by Gasteiger charge is 2.22. The molecule has 0 aliphatic rings. The summed E-state index contributed by atoms with van der Waals surface area (Å²) in [4.78, 5) is 27.7. The second-order valence-electron chi connectivity index (χ2n) is 6.54. The van der Waals surface area contributed by atoms with Crippen LogP contribution in [0, 0.1) is 21.4 Å². The van der Waals surface area contributed by atoms with E-state index < -0.39 is 23.2 Å². The van der Waals surface area contributed by atoms with Crippen molar-refractivity contribution in [3.8, 4) is 6.07 Å². The summed E-state index contributed by atoms with van der Waals surface area (Å²) in [6.07, 6.45) is -0.619. The van der Waals surface area contributed by atoms with Gasteiger partial charge in [-0.2, -0.15) is 5.26 Å². The molecule has 158 valence electrons. The lowest BCUT2D eigenvalue weighted by atomic mass is 10.2. The minimum absolute atomic E-state index is 0.00522. The van der Waals surface area contributed by atoms with E-state index in [0.29, 0.717) is 26.7 Å². The Morgan fingerprint density at radius 1 is 1.26 bits per heavy atom. The Kier molecular flexibility index (Phi) is 6.52. The van der Waals surface area contributed by atoms with Gasteiger partial charge in [0, 0.05) is 24.7 Å². The number of thiazole rings is 1. The molecule has 2 aromatic carbocycles. The summed E-state index contributed by atoms with van der Waals surface area (Å²) >= 11 is 1.20. The number of hydrogen-bond acceptors (Lipinski definition) is 10. The lowest BCUT2D eigenvalue weighted by molar-refractivity contribution is -0.384. The van der Waals surface area contributed by atoms with Crippen molar-refractivity contribution in [3.05, 3.63) is 52.6 Å². The van der Waals surface area contributed by atoms with Gasteiger partial charge in [0.25, 0.3) is 5.69 Å². The number of carbonyl (C=O) groups is 1. The second-order valence-corrected chi connectivity index (χ2v) is 7.55. The van der Waals surface area contributed by atoms with Crippen LogP contribution in [0.15, 0.2) is 52.7 Å². The van der Waals surface area contributed by atoms with Crippen LogP contribution in [0.2, 0.25) is 0 Å². The van der Waals surface area contributed by atoms with Gasteiger partial charge < -0.3 is 9.64 Å². The number of fused-ring (bicyclic) bond motifs is 1. The van der Waals surface area contributed by atoms with E-state index in [4.69, 9.17) is 4.74 Å². The summed E-state index contributed by atoms with van der Waals surface area (Å²) in [5.74, 6) is -0.436. The van der Waals surface area contributed by atoms with Gasteiger partial charge in [0.1, 0.15) is 6.04 Å². The molecule has 10 nitrogen and oxygen atoms in total. The van der Waals surface area contributed by atoms with Crippen molar-refractivity contribution in [3.63, 3.8) is 0 Å². The number of anilines is 1. The number of nitrogens with zero attached hydrogens (tertiary/aromatic N) is 6. The molecule has 2 unspecified atom stereocenters. The fourth-order valence-electron chi connectivity index (χ4n) is 2.96. The predicted molar refractivity (Wildman–Crippen MR) is 116 cm³/mol. The first-order chi connectivity index (χ1) is 14.8. The molecule has 11 heteroatoms. The Labute approximate surface area is 181 Å². The van der Waals surface area contributed by atoms with Gasteiger partial charge in [-0.15, -0.1) is 10.2 Å². The molecular weight excluding hydrogens is 420 g/mol. The van der Waals surface area contributed by atoms with Gasteiger partial charge in [0.15, 0.2) is 6.23 Å². The molecule has 0 saturated heterocycles. The van der Waals surface area contributed by atoms with Gasteiger partial charge in [0.2, 0.25) is 5.13 Å². The topological polar surface area (TPSA) is 134 Å². The van der Waals surface area contributed by atoms with Crippen molar-refractivity contribution in [2.24, 2.45) is 10.2 Å². The van der Waals surface area contributed by atoms with Crippen molar-refractivity contribution in [1.29, 1.82) is 5.26 Å². The Morgan fingerprint density at radius 3 is 2.58 bits per heavy atom. The molecule has 1 heterocycles. The molecule has 0 bridgehead atoms. The molecule has 0 aliphatic carbocycles. The van der Waals surface area contributed by atoms with Crippen LogP contribution in [0.25, 0.3) is 10.2 Å². The summed E-state index contributed by atoms with van der Waals surface area (Å²) in [5, 5.41) is 28.9. The van der Waals surface area contributed by atoms with Crippen LogP contribution in [0.5, 0.6) is 0 Å². The first kappa shape index (κ1) is 21.8. The van der Waals surface area contributed by atoms with Gasteiger partial charge >= 0.3 is 5.97 Å². The van der Waals surface area contributed by atoms with Gasteiger partial charge in [0.05, 0.1) is 26.9 Å². The van der Waals surface area contributed by atoms with E-state index in [9.17, 15) is 20.2 Å². The van der Waals surface area contributed by atoms with E-state index in [-0.39, 0.29) is 5.69 Å². The maximum Gasteiger partial charge on any atom is 0.304 e. The first-order valence-corrected chi connectivity index (χ1v) is 10.0. The van der Waals surface area contributed by atoms with Gasteiger partial charge in [-0.05, 0) is 44.2 Å². The van der Waals surface area contributed by atoms with E-state index >= 15 is 0 Å². The number of esters is 1. The number of non-ortho nitro benzene ring substituents is 1. The minimum Gasteiger partial charge on any atom is -0.442 e. The molecule has 3 aromatic rings. The van der Waals surface area contributed by atoms with E-state index in [1.807, 2.05) is 0 Å². The summed E-state index contributed by atoms with van der Waals surface area (Å²) in [6, 6.07) is 13.0. The number of rotatable bonds is 7. The molecule has 0 N–H and O–H groups in total. The van der Waals surface area contributed by atoms with Crippen molar-refractivity contribution in [1.82, 2.24) is 4.98 Å². The van der Waals surface area contributed by atoms with E-state index in [1.54, 1.807) is 49.1 Å². The predicted octanol–water partition coefficient (Wildman–Crippen LogP) is 5.25. The van der Waals surface area contributed by atoms with Gasteiger partial charge in [-0.3, -0.25) is 14.9 Å². The van der Waals surface area contributed by atoms with Crippen LogP contribution in [-0.4, -0.2) is 28.1 Å². The normalized spacial score (nSPS) is 13.0. The summed E-state index contributed by atoms with van der Waals surface area (Å²) in [5.41, 5.74) is 1.85. The highest BCUT2D eigenvalue weighted by molar-refractivity contribution is 7.21. The number of hydrogen-bond donors (Lipinski definition) is 0. The van der Waals surface area contributed by atoms with E-state index in [2.05, 4.69) is 21.3 Å². The highest BCUT2D eigenvalue weighted by atomic mass is 32.1. The largest absolute Gasteiger partial charge is 0.442 e. The summed E-state index contributed by atoms with van der Waals surface area (Å²) < 4.78 is 5.87. The zero-order valence-electron chi connectivity index (χ0n) is 16.9.